The number of hydrogen-bond donors (Lipinski definition) is 1. The van der Waals surface area contributed by atoms with Gasteiger partial charge in [0.25, 0.3) is 0 Å². The number of aromatic carboxylic acids is 1. The third kappa shape index (κ3) is 3.87. The Hall–Kier alpha value is -5.30. The molecule has 8 heteroatoms. The lowest BCUT2D eigenvalue weighted by atomic mass is 9.59. The van der Waals surface area contributed by atoms with Gasteiger partial charge in [0.15, 0.2) is 5.78 Å². The summed E-state index contributed by atoms with van der Waals surface area (Å²) < 4.78 is 0. The van der Waals surface area contributed by atoms with Crippen molar-refractivity contribution in [3.8, 4) is 0 Å². The van der Waals surface area contributed by atoms with E-state index in [2.05, 4.69) is 0 Å². The lowest BCUT2D eigenvalue weighted by Gasteiger charge is -2.39. The average Bonchev–Trinajstić information content (AvgIpc) is 3.61. The van der Waals surface area contributed by atoms with Gasteiger partial charge in [-0.15, -0.1) is 0 Å². The third-order valence-electron chi connectivity index (χ3n) is 10.1. The van der Waals surface area contributed by atoms with Crippen molar-refractivity contribution >= 4 is 63.6 Å². The van der Waals surface area contributed by atoms with E-state index in [0.29, 0.717) is 32.3 Å². The number of carbonyl (C=O) groups excluding carboxylic acids is 3. The molecule has 0 spiro atoms. The highest BCUT2D eigenvalue weighted by Crippen LogP contribution is 2.74. The van der Waals surface area contributed by atoms with Crippen LogP contribution in [0, 0.1) is 11.8 Å². The predicted molar refractivity (Wildman–Crippen MR) is 184 cm³/mol. The third-order valence-corrected chi connectivity index (χ3v) is 10.6. The van der Waals surface area contributed by atoms with Gasteiger partial charge >= 0.3 is 5.97 Å². The number of rotatable bonds is 6. The summed E-state index contributed by atoms with van der Waals surface area (Å²) in [5, 5.41) is 10.4. The Labute approximate surface area is 285 Å². The number of nitrogens with zero attached hydrogens (tertiary/aromatic N) is 1. The molecule has 8 rings (SSSR count). The largest absolute Gasteiger partial charge is 0.478 e. The molecule has 4 atom stereocenters. The van der Waals surface area contributed by atoms with Crippen molar-refractivity contribution in [1.29, 1.82) is 0 Å². The first-order chi connectivity index (χ1) is 23.2. The van der Waals surface area contributed by atoms with Crippen molar-refractivity contribution in [2.45, 2.75) is 10.8 Å². The molecule has 1 N–H and O–H groups in total. The summed E-state index contributed by atoms with van der Waals surface area (Å²) in [6.07, 6.45) is 0. The number of fused-ring (bicyclic) bond motifs is 5. The standard InChI is InChI=1S/C40H25Cl2NO5/c41-28-17-13-26(14-18-28)39-31(23-7-3-1-4-8-23)32(24-9-5-2-6-10-24)40(38(39)48,27-15-19-29(42)20-16-27)34-33(39)35(44)43(36(34)45)30-21-11-25(12-22-30)37(46)47/h1-22,33-34H,(H,46,47)/t33-,34-,39-,40-/m1/s1. The van der Waals surface area contributed by atoms with E-state index in [1.54, 1.807) is 48.5 Å². The smallest absolute Gasteiger partial charge is 0.335 e. The van der Waals surface area contributed by atoms with Crippen LogP contribution >= 0.6 is 23.2 Å². The Morgan fingerprint density at radius 3 is 1.33 bits per heavy atom. The number of halogens is 2. The fourth-order valence-electron chi connectivity index (χ4n) is 8.36. The maximum absolute atomic E-state index is 15.9. The summed E-state index contributed by atoms with van der Waals surface area (Å²) in [6, 6.07) is 38.6. The zero-order chi connectivity index (χ0) is 33.4. The number of carbonyl (C=O) groups is 4. The molecule has 3 aliphatic rings. The van der Waals surface area contributed by atoms with E-state index in [1.807, 2.05) is 60.7 Å². The van der Waals surface area contributed by atoms with E-state index in [1.165, 1.54) is 24.3 Å². The molecule has 1 aliphatic heterocycles. The van der Waals surface area contributed by atoms with Gasteiger partial charge in [0.1, 0.15) is 0 Å². The number of anilines is 1. The van der Waals surface area contributed by atoms with Gasteiger partial charge in [-0.1, -0.05) is 108 Å². The van der Waals surface area contributed by atoms with Crippen molar-refractivity contribution in [2.75, 3.05) is 4.90 Å². The second kappa shape index (κ2) is 10.9. The molecule has 234 valence electrons. The molecule has 2 amide bonds. The first kappa shape index (κ1) is 30.1. The zero-order valence-corrected chi connectivity index (χ0v) is 26.7. The summed E-state index contributed by atoms with van der Waals surface area (Å²) in [6.45, 7) is 0. The Balaban J connectivity index is 1.52. The predicted octanol–water partition coefficient (Wildman–Crippen LogP) is 7.88. The minimum Gasteiger partial charge on any atom is -0.478 e. The van der Waals surface area contributed by atoms with Crippen LogP contribution in [0.4, 0.5) is 5.69 Å². The summed E-state index contributed by atoms with van der Waals surface area (Å²) in [4.78, 5) is 58.7. The lowest BCUT2D eigenvalue weighted by Crippen LogP contribution is -2.45. The van der Waals surface area contributed by atoms with E-state index in [4.69, 9.17) is 23.2 Å². The number of hydrogen-bond acceptors (Lipinski definition) is 4. The van der Waals surface area contributed by atoms with Crippen LogP contribution in [-0.4, -0.2) is 28.7 Å². The van der Waals surface area contributed by atoms with Crippen molar-refractivity contribution in [3.05, 3.63) is 171 Å². The number of Topliss-reactive ketones (excluding diaryl/α,β-unsaturated/α-hetero) is 1. The molecule has 0 aromatic heterocycles. The van der Waals surface area contributed by atoms with Crippen LogP contribution in [-0.2, 0) is 25.2 Å². The topological polar surface area (TPSA) is 91.8 Å². The van der Waals surface area contributed by atoms with Crippen LogP contribution in [0.5, 0.6) is 0 Å². The molecule has 1 saturated heterocycles. The Morgan fingerprint density at radius 1 is 0.562 bits per heavy atom. The Kier molecular flexibility index (Phi) is 6.81. The molecule has 0 radical (unpaired) electrons. The fraction of sp³-hybridized carbons (Fsp3) is 0.100. The van der Waals surface area contributed by atoms with Gasteiger partial charge in [-0.3, -0.25) is 14.4 Å². The maximum atomic E-state index is 15.9. The van der Waals surface area contributed by atoms with Crippen molar-refractivity contribution in [1.82, 2.24) is 0 Å². The molecule has 1 heterocycles. The number of carboxylic acids is 1. The molecule has 1 saturated carbocycles. The molecule has 2 aliphatic carbocycles. The van der Waals surface area contributed by atoms with Crippen LogP contribution < -0.4 is 4.90 Å². The summed E-state index contributed by atoms with van der Waals surface area (Å²) in [5.74, 6) is -4.73. The molecule has 48 heavy (non-hydrogen) atoms. The van der Waals surface area contributed by atoms with Crippen LogP contribution in [0.15, 0.2) is 133 Å². The highest BCUT2D eigenvalue weighted by Gasteiger charge is 2.82. The minimum atomic E-state index is -1.59. The molecule has 6 nitrogen and oxygen atoms in total. The van der Waals surface area contributed by atoms with E-state index < -0.39 is 40.4 Å². The van der Waals surface area contributed by atoms with E-state index in [-0.39, 0.29) is 17.0 Å². The van der Waals surface area contributed by atoms with Gasteiger partial charge in [0.2, 0.25) is 11.8 Å². The van der Waals surface area contributed by atoms with Crippen molar-refractivity contribution in [2.24, 2.45) is 11.8 Å². The number of imide groups is 1. The highest BCUT2D eigenvalue weighted by molar-refractivity contribution is 6.39. The van der Waals surface area contributed by atoms with Gasteiger partial charge in [0.05, 0.1) is 33.9 Å². The van der Waals surface area contributed by atoms with Crippen molar-refractivity contribution in [3.63, 3.8) is 0 Å². The second-order valence-corrected chi connectivity index (χ2v) is 13.1. The van der Waals surface area contributed by atoms with Gasteiger partial charge in [0, 0.05) is 10.0 Å². The number of allylic oxidation sites excluding steroid dienone is 2. The summed E-state index contributed by atoms with van der Waals surface area (Å²) in [7, 11) is 0. The van der Waals surface area contributed by atoms with Gasteiger partial charge in [-0.05, 0) is 81.9 Å². The molecule has 5 aromatic carbocycles. The number of ketones is 1. The monoisotopic (exact) mass is 669 g/mol. The normalized spacial score (nSPS) is 24.4. The molecule has 2 fully saturated rings. The first-order valence-electron chi connectivity index (χ1n) is 15.4. The molecular weight excluding hydrogens is 645 g/mol. The number of carboxylic acid groups (broad SMARTS) is 1. The van der Waals surface area contributed by atoms with E-state index in [9.17, 15) is 9.90 Å². The molecular formula is C40H25Cl2NO5. The SMILES string of the molecule is O=C(O)c1ccc(N2C(=O)[C@H]3[C@H](C2=O)[C@]2(c4ccc(Cl)cc4)C(=O)[C@]3(c3ccc(Cl)cc3)C(c3ccccc3)=C2c2ccccc2)cc1. The van der Waals surface area contributed by atoms with Crippen LogP contribution in [0.25, 0.3) is 11.1 Å². The molecule has 5 aromatic rings. The quantitative estimate of drug-likeness (QED) is 0.186. The highest BCUT2D eigenvalue weighted by atomic mass is 35.5. The summed E-state index contributed by atoms with van der Waals surface area (Å²) >= 11 is 12.8. The Morgan fingerprint density at radius 2 is 0.958 bits per heavy atom. The second-order valence-electron chi connectivity index (χ2n) is 12.3. The lowest BCUT2D eigenvalue weighted by molar-refractivity contribution is -0.130. The molecule has 0 unspecified atom stereocenters. The number of amides is 2. The first-order valence-corrected chi connectivity index (χ1v) is 16.1. The Bertz CT molecular complexity index is 2050. The van der Waals surface area contributed by atoms with Crippen LogP contribution in [0.3, 0.4) is 0 Å². The summed E-state index contributed by atoms with van der Waals surface area (Å²) in [5.41, 5.74) is 0.974. The van der Waals surface area contributed by atoms with E-state index >= 15 is 14.4 Å². The van der Waals surface area contributed by atoms with Gasteiger partial charge in [-0.25, -0.2) is 9.69 Å². The van der Waals surface area contributed by atoms with Gasteiger partial charge in [-0.2, -0.15) is 0 Å². The molecule has 2 bridgehead atoms. The minimum absolute atomic E-state index is 0.0166. The van der Waals surface area contributed by atoms with Crippen LogP contribution in [0.1, 0.15) is 32.6 Å². The zero-order valence-electron chi connectivity index (χ0n) is 25.1. The number of benzene rings is 5. The maximum Gasteiger partial charge on any atom is 0.335 e. The van der Waals surface area contributed by atoms with Crippen LogP contribution in [0.2, 0.25) is 10.0 Å². The van der Waals surface area contributed by atoms with Gasteiger partial charge < -0.3 is 5.11 Å². The average molecular weight is 671 g/mol. The van der Waals surface area contributed by atoms with Crippen molar-refractivity contribution < 1.29 is 24.3 Å². The van der Waals surface area contributed by atoms with E-state index in [0.717, 1.165) is 16.0 Å². The fourth-order valence-corrected chi connectivity index (χ4v) is 8.62.